The smallest absolute Gasteiger partial charge is 0.268 e. The average Bonchev–Trinajstić information content (AvgIpc) is 2.85. The van der Waals surface area contributed by atoms with Gasteiger partial charge in [-0.05, 0) is 36.4 Å². The highest BCUT2D eigenvalue weighted by Gasteiger charge is 2.33. The standard InChI is InChI=1S/C16H8BrFN2O3S2/c17-10-1-6-13(18)9(7-10)8-14-15(21)19(16(24)25-14)11-2-4-12(5-3-11)20(22)23/h1-8H. The Kier molecular flexibility index (Phi) is 4.98. The normalized spacial score (nSPS) is 15.9. The monoisotopic (exact) mass is 438 g/mol. The lowest BCUT2D eigenvalue weighted by atomic mass is 10.2. The molecule has 1 fully saturated rings. The van der Waals surface area contributed by atoms with Crippen molar-refractivity contribution in [2.75, 3.05) is 4.90 Å². The highest BCUT2D eigenvalue weighted by atomic mass is 79.9. The van der Waals surface area contributed by atoms with Crippen molar-refractivity contribution in [2.24, 2.45) is 0 Å². The van der Waals surface area contributed by atoms with Crippen LogP contribution in [0.1, 0.15) is 5.56 Å². The number of nitro benzene ring substituents is 1. The lowest BCUT2D eigenvalue weighted by Gasteiger charge is -2.13. The lowest BCUT2D eigenvalue weighted by molar-refractivity contribution is -0.384. The van der Waals surface area contributed by atoms with Crippen molar-refractivity contribution in [1.82, 2.24) is 0 Å². The van der Waals surface area contributed by atoms with Gasteiger partial charge in [-0.25, -0.2) is 4.39 Å². The van der Waals surface area contributed by atoms with Crippen molar-refractivity contribution in [3.8, 4) is 0 Å². The maximum atomic E-state index is 13.9. The quantitative estimate of drug-likeness (QED) is 0.295. The van der Waals surface area contributed by atoms with Crippen molar-refractivity contribution in [2.45, 2.75) is 0 Å². The second-order valence-corrected chi connectivity index (χ2v) is 7.55. The van der Waals surface area contributed by atoms with Gasteiger partial charge in [-0.3, -0.25) is 19.8 Å². The zero-order valence-corrected chi connectivity index (χ0v) is 15.5. The molecule has 2 aromatic rings. The molecule has 0 saturated carbocycles. The Bertz CT molecular complexity index is 931. The number of hydrogen-bond acceptors (Lipinski definition) is 5. The third-order valence-electron chi connectivity index (χ3n) is 3.36. The van der Waals surface area contributed by atoms with E-state index in [9.17, 15) is 19.3 Å². The summed E-state index contributed by atoms with van der Waals surface area (Å²) in [4.78, 5) is 24.4. The van der Waals surface area contributed by atoms with Crippen LogP contribution in [-0.2, 0) is 4.79 Å². The van der Waals surface area contributed by atoms with E-state index in [4.69, 9.17) is 12.2 Å². The Morgan fingerprint density at radius 3 is 2.56 bits per heavy atom. The molecule has 1 saturated heterocycles. The molecule has 0 aliphatic carbocycles. The van der Waals surface area contributed by atoms with Crippen molar-refractivity contribution >= 4 is 67.6 Å². The highest BCUT2D eigenvalue weighted by Crippen LogP contribution is 2.37. The van der Waals surface area contributed by atoms with Gasteiger partial charge >= 0.3 is 0 Å². The van der Waals surface area contributed by atoms with Crippen LogP contribution in [0.25, 0.3) is 6.08 Å². The van der Waals surface area contributed by atoms with Crippen LogP contribution >= 0.6 is 39.9 Å². The SMILES string of the molecule is O=C1C(=Cc2cc(Br)ccc2F)SC(=S)N1c1ccc([N+](=O)[O-])cc1. The molecular weight excluding hydrogens is 431 g/mol. The topological polar surface area (TPSA) is 63.5 Å². The largest absolute Gasteiger partial charge is 0.270 e. The van der Waals surface area contributed by atoms with Gasteiger partial charge in [0, 0.05) is 22.2 Å². The van der Waals surface area contributed by atoms with E-state index in [1.165, 1.54) is 41.3 Å². The molecule has 0 radical (unpaired) electrons. The van der Waals surface area contributed by atoms with Crippen LogP contribution in [0.2, 0.25) is 0 Å². The van der Waals surface area contributed by atoms with Crippen molar-refractivity contribution < 1.29 is 14.1 Å². The number of carbonyl (C=O) groups is 1. The third-order valence-corrected chi connectivity index (χ3v) is 5.15. The van der Waals surface area contributed by atoms with Gasteiger partial charge in [0.2, 0.25) is 0 Å². The van der Waals surface area contributed by atoms with Gasteiger partial charge < -0.3 is 0 Å². The predicted octanol–water partition coefficient (Wildman–Crippen LogP) is 4.90. The van der Waals surface area contributed by atoms with Gasteiger partial charge in [0.25, 0.3) is 11.6 Å². The van der Waals surface area contributed by atoms with Crippen molar-refractivity contribution in [3.63, 3.8) is 0 Å². The number of anilines is 1. The first-order valence-electron chi connectivity index (χ1n) is 6.84. The molecule has 1 aliphatic rings. The number of thiocarbonyl (C=S) groups is 1. The van der Waals surface area contributed by atoms with E-state index in [2.05, 4.69) is 15.9 Å². The van der Waals surface area contributed by atoms with E-state index in [-0.39, 0.29) is 20.5 Å². The first kappa shape index (κ1) is 17.7. The summed E-state index contributed by atoms with van der Waals surface area (Å²) in [5, 5.41) is 10.7. The number of carbonyl (C=O) groups excluding carboxylic acids is 1. The minimum Gasteiger partial charge on any atom is -0.268 e. The number of nitro groups is 1. The number of amides is 1. The summed E-state index contributed by atoms with van der Waals surface area (Å²) in [7, 11) is 0. The van der Waals surface area contributed by atoms with Crippen LogP contribution in [0, 0.1) is 15.9 Å². The summed E-state index contributed by atoms with van der Waals surface area (Å²) < 4.78 is 14.9. The van der Waals surface area contributed by atoms with Crippen molar-refractivity contribution in [1.29, 1.82) is 0 Å². The molecule has 0 N–H and O–H groups in total. The Morgan fingerprint density at radius 2 is 1.92 bits per heavy atom. The van der Waals surface area contributed by atoms with Crippen LogP contribution in [0.15, 0.2) is 51.8 Å². The maximum absolute atomic E-state index is 13.9. The molecule has 2 aromatic carbocycles. The van der Waals surface area contributed by atoms with E-state index >= 15 is 0 Å². The minimum atomic E-state index is -0.524. The second-order valence-electron chi connectivity index (χ2n) is 4.96. The number of halogens is 2. The van der Waals surface area contributed by atoms with Crippen LogP contribution in [0.5, 0.6) is 0 Å². The fourth-order valence-corrected chi connectivity index (χ4v) is 3.85. The molecule has 1 amide bonds. The number of rotatable bonds is 3. The van der Waals surface area contributed by atoms with Crippen LogP contribution in [0.4, 0.5) is 15.8 Å². The van der Waals surface area contributed by atoms with Crippen molar-refractivity contribution in [3.05, 3.63) is 73.3 Å². The summed E-state index contributed by atoms with van der Waals surface area (Å²) in [6, 6.07) is 9.92. The van der Waals surface area contributed by atoms with E-state index in [0.29, 0.717) is 10.2 Å². The molecule has 0 atom stereocenters. The number of thioether (sulfide) groups is 1. The molecule has 0 aromatic heterocycles. The fraction of sp³-hybridized carbons (Fsp3) is 0. The Balaban J connectivity index is 1.93. The van der Waals surface area contributed by atoms with Gasteiger partial charge in [0.05, 0.1) is 15.5 Å². The summed E-state index contributed by atoms with van der Waals surface area (Å²) in [6.07, 6.45) is 1.44. The second kappa shape index (κ2) is 7.03. The molecule has 25 heavy (non-hydrogen) atoms. The van der Waals surface area contributed by atoms with E-state index in [1.807, 2.05) is 0 Å². The molecule has 5 nitrogen and oxygen atoms in total. The molecule has 0 unspecified atom stereocenters. The molecule has 9 heteroatoms. The molecule has 126 valence electrons. The fourth-order valence-electron chi connectivity index (χ4n) is 2.18. The summed E-state index contributed by atoms with van der Waals surface area (Å²) >= 11 is 9.54. The molecule has 0 spiro atoms. The van der Waals surface area contributed by atoms with E-state index in [0.717, 1.165) is 11.8 Å². The van der Waals surface area contributed by atoms with Crippen LogP contribution in [-0.4, -0.2) is 15.2 Å². The van der Waals surface area contributed by atoms with Gasteiger partial charge in [0.15, 0.2) is 4.32 Å². The van der Waals surface area contributed by atoms with Gasteiger partial charge in [-0.1, -0.05) is 39.9 Å². The molecular formula is C16H8BrFN2O3S2. The third kappa shape index (κ3) is 3.63. The molecule has 1 aliphatic heterocycles. The first-order valence-corrected chi connectivity index (χ1v) is 8.86. The van der Waals surface area contributed by atoms with Crippen LogP contribution < -0.4 is 4.90 Å². The number of non-ortho nitro benzene ring substituents is 1. The van der Waals surface area contributed by atoms with Gasteiger partial charge in [-0.15, -0.1) is 0 Å². The van der Waals surface area contributed by atoms with E-state index < -0.39 is 16.6 Å². The first-order chi connectivity index (χ1) is 11.9. The highest BCUT2D eigenvalue weighted by molar-refractivity contribution is 9.10. The summed E-state index contributed by atoms with van der Waals surface area (Å²) in [6.45, 7) is 0. The summed E-state index contributed by atoms with van der Waals surface area (Å²) in [5.74, 6) is -0.855. The minimum absolute atomic E-state index is 0.0825. The number of nitrogens with zero attached hydrogens (tertiary/aromatic N) is 2. The predicted molar refractivity (Wildman–Crippen MR) is 103 cm³/mol. The number of benzene rings is 2. The molecule has 1 heterocycles. The number of hydrogen-bond donors (Lipinski definition) is 0. The Labute approximate surface area is 159 Å². The van der Waals surface area contributed by atoms with E-state index in [1.54, 1.807) is 12.1 Å². The maximum Gasteiger partial charge on any atom is 0.270 e. The zero-order valence-electron chi connectivity index (χ0n) is 12.3. The zero-order chi connectivity index (χ0) is 18.1. The molecule has 3 rings (SSSR count). The van der Waals surface area contributed by atoms with Crippen LogP contribution in [0.3, 0.4) is 0 Å². The average molecular weight is 439 g/mol. The Hall–Kier alpha value is -2.10. The lowest BCUT2D eigenvalue weighted by Crippen LogP contribution is -2.27. The molecule has 0 bridgehead atoms. The van der Waals surface area contributed by atoms with Gasteiger partial charge in [0.1, 0.15) is 5.82 Å². The summed E-state index contributed by atoms with van der Waals surface area (Å²) in [5.41, 5.74) is 0.603. The van der Waals surface area contributed by atoms with Gasteiger partial charge in [-0.2, -0.15) is 0 Å². The Morgan fingerprint density at radius 1 is 1.24 bits per heavy atom.